The van der Waals surface area contributed by atoms with E-state index >= 15 is 0 Å². The molecule has 2 nitrogen and oxygen atoms in total. The number of fused-ring (bicyclic) bond motifs is 1. The van der Waals surface area contributed by atoms with Gasteiger partial charge in [0, 0.05) is 17.8 Å². The molecule has 0 spiro atoms. The number of aromatic nitrogens is 1. The highest BCUT2D eigenvalue weighted by Gasteiger charge is 2.21. The minimum Gasteiger partial charge on any atom is -0.356 e. The van der Waals surface area contributed by atoms with Gasteiger partial charge in [0.1, 0.15) is 11.6 Å². The topological polar surface area (TPSA) is 32.9 Å². The summed E-state index contributed by atoms with van der Waals surface area (Å²) in [6.07, 6.45) is 4.26. The second kappa shape index (κ2) is 4.71. The normalized spacial score (nSPS) is 16.4. The van der Waals surface area contributed by atoms with Crippen molar-refractivity contribution in [1.82, 2.24) is 4.98 Å². The van der Waals surface area contributed by atoms with E-state index in [0.717, 1.165) is 37.4 Å². The fraction of sp³-hybridized carbons (Fsp3) is 0.357. The van der Waals surface area contributed by atoms with Crippen LogP contribution < -0.4 is 5.43 Å². The number of hydrogen-bond acceptors (Lipinski definition) is 1. The zero-order valence-electron chi connectivity index (χ0n) is 10.1. The largest absolute Gasteiger partial charge is 0.356 e. The van der Waals surface area contributed by atoms with E-state index in [0.29, 0.717) is 0 Å². The monoisotopic (exact) mass is 327 g/mol. The third-order valence-electron chi connectivity index (χ3n) is 3.77. The second-order valence-electron chi connectivity index (χ2n) is 4.97. The van der Waals surface area contributed by atoms with Crippen LogP contribution in [-0.4, -0.2) is 4.98 Å². The maximum absolute atomic E-state index is 13.8. The molecule has 1 saturated carbocycles. The number of nitrogens with one attached hydrogen (secondary N) is 1. The van der Waals surface area contributed by atoms with Crippen molar-refractivity contribution < 1.29 is 8.78 Å². The number of halogens is 3. The van der Waals surface area contributed by atoms with E-state index < -0.39 is 11.6 Å². The molecule has 0 atom stereocenters. The smallest absolute Gasteiger partial charge is 0.191 e. The predicted octanol–water partition coefficient (Wildman–Crippen LogP) is 4.23. The van der Waals surface area contributed by atoms with E-state index in [4.69, 9.17) is 0 Å². The van der Waals surface area contributed by atoms with Crippen molar-refractivity contribution in [2.45, 2.75) is 31.6 Å². The molecule has 5 heteroatoms. The molecule has 0 saturated heterocycles. The zero-order valence-corrected chi connectivity index (χ0v) is 11.7. The van der Waals surface area contributed by atoms with Crippen LogP contribution in [0.5, 0.6) is 0 Å². The predicted molar refractivity (Wildman–Crippen MR) is 73.4 cm³/mol. The summed E-state index contributed by atoms with van der Waals surface area (Å²) in [4.78, 5) is 15.1. The fourth-order valence-corrected chi connectivity index (χ4v) is 3.31. The van der Waals surface area contributed by atoms with Gasteiger partial charge in [0.25, 0.3) is 0 Å². The molecule has 1 heterocycles. The van der Waals surface area contributed by atoms with Crippen LogP contribution >= 0.6 is 15.9 Å². The highest BCUT2D eigenvalue weighted by Crippen LogP contribution is 2.34. The molecule has 0 unspecified atom stereocenters. The molecule has 3 rings (SSSR count). The molecule has 0 bridgehead atoms. The van der Waals surface area contributed by atoms with Gasteiger partial charge in [-0.1, -0.05) is 12.8 Å². The summed E-state index contributed by atoms with van der Waals surface area (Å²) in [6, 6.07) is 2.27. The van der Waals surface area contributed by atoms with Crippen molar-refractivity contribution in [3.05, 3.63) is 44.2 Å². The summed E-state index contributed by atoms with van der Waals surface area (Å²) >= 11 is 3.01. The molecule has 0 aliphatic heterocycles. The average molecular weight is 328 g/mol. The van der Waals surface area contributed by atoms with Crippen molar-refractivity contribution in [3.63, 3.8) is 0 Å². The first-order valence-corrected chi connectivity index (χ1v) is 7.07. The summed E-state index contributed by atoms with van der Waals surface area (Å²) in [7, 11) is 0. The molecule has 1 fully saturated rings. The van der Waals surface area contributed by atoms with Gasteiger partial charge in [-0.2, -0.15) is 0 Å². The molecule has 1 aromatic carbocycles. The van der Waals surface area contributed by atoms with E-state index in [1.165, 1.54) is 6.07 Å². The molecule has 0 radical (unpaired) electrons. The standard InChI is InChI=1S/C14H12BrF2NO/c15-13-8(16)5-9(17)14-12(13)11(19)6-10(18-14)7-3-1-2-4-7/h5-7H,1-4H2,(H,18,19). The third-order valence-corrected chi connectivity index (χ3v) is 4.54. The molecule has 0 amide bonds. The Morgan fingerprint density at radius 2 is 1.84 bits per heavy atom. The van der Waals surface area contributed by atoms with Gasteiger partial charge in [0.05, 0.1) is 15.4 Å². The Kier molecular flexibility index (Phi) is 3.17. The lowest BCUT2D eigenvalue weighted by molar-refractivity contribution is 0.585. The lowest BCUT2D eigenvalue weighted by Crippen LogP contribution is -2.10. The van der Waals surface area contributed by atoms with Crippen LogP contribution in [0.4, 0.5) is 8.78 Å². The first-order chi connectivity index (χ1) is 9.08. The maximum atomic E-state index is 13.8. The molecular formula is C14H12BrF2NO. The lowest BCUT2D eigenvalue weighted by Gasteiger charge is -2.12. The number of pyridine rings is 1. The van der Waals surface area contributed by atoms with E-state index in [2.05, 4.69) is 20.9 Å². The van der Waals surface area contributed by atoms with Gasteiger partial charge in [-0.3, -0.25) is 4.79 Å². The second-order valence-corrected chi connectivity index (χ2v) is 5.77. The van der Waals surface area contributed by atoms with Gasteiger partial charge >= 0.3 is 0 Å². The van der Waals surface area contributed by atoms with Gasteiger partial charge < -0.3 is 4.98 Å². The minimum absolute atomic E-state index is 0.0168. The van der Waals surface area contributed by atoms with E-state index in [1.807, 2.05) is 0 Å². The van der Waals surface area contributed by atoms with Crippen molar-refractivity contribution in [2.75, 3.05) is 0 Å². The summed E-state index contributed by atoms with van der Waals surface area (Å²) < 4.78 is 27.3. The molecule has 100 valence electrons. The van der Waals surface area contributed by atoms with Gasteiger partial charge in [-0.25, -0.2) is 8.78 Å². The molecule has 1 aromatic heterocycles. The molecule has 2 aromatic rings. The van der Waals surface area contributed by atoms with Crippen molar-refractivity contribution in [2.24, 2.45) is 0 Å². The Bertz CT molecular complexity index is 705. The van der Waals surface area contributed by atoms with Gasteiger partial charge in [0.15, 0.2) is 5.43 Å². The van der Waals surface area contributed by atoms with Crippen LogP contribution in [0.3, 0.4) is 0 Å². The maximum Gasteiger partial charge on any atom is 0.191 e. The first kappa shape index (κ1) is 12.8. The highest BCUT2D eigenvalue weighted by atomic mass is 79.9. The van der Waals surface area contributed by atoms with E-state index in [-0.39, 0.29) is 26.7 Å². The van der Waals surface area contributed by atoms with Gasteiger partial charge in [-0.05, 0) is 34.7 Å². The van der Waals surface area contributed by atoms with Crippen molar-refractivity contribution in [3.8, 4) is 0 Å². The Morgan fingerprint density at radius 1 is 1.16 bits per heavy atom. The Labute approximate surface area is 117 Å². The third kappa shape index (κ3) is 2.10. The fourth-order valence-electron chi connectivity index (χ4n) is 2.80. The number of benzene rings is 1. The minimum atomic E-state index is -0.760. The molecule has 1 aliphatic rings. The van der Waals surface area contributed by atoms with Crippen molar-refractivity contribution >= 4 is 26.8 Å². The van der Waals surface area contributed by atoms with E-state index in [1.54, 1.807) is 0 Å². The van der Waals surface area contributed by atoms with Gasteiger partial charge in [0.2, 0.25) is 0 Å². The van der Waals surface area contributed by atoms with Crippen LogP contribution in [0.15, 0.2) is 21.4 Å². The van der Waals surface area contributed by atoms with Crippen LogP contribution in [0.1, 0.15) is 37.3 Å². The van der Waals surface area contributed by atoms with Gasteiger partial charge in [-0.15, -0.1) is 0 Å². The van der Waals surface area contributed by atoms with Crippen LogP contribution in [0.2, 0.25) is 0 Å². The van der Waals surface area contributed by atoms with Crippen LogP contribution in [0, 0.1) is 11.6 Å². The number of aromatic amines is 1. The number of H-pyrrole nitrogens is 1. The van der Waals surface area contributed by atoms with Crippen LogP contribution in [0.25, 0.3) is 10.9 Å². The highest BCUT2D eigenvalue weighted by molar-refractivity contribution is 9.10. The summed E-state index contributed by atoms with van der Waals surface area (Å²) in [6.45, 7) is 0. The first-order valence-electron chi connectivity index (χ1n) is 6.28. The molecule has 19 heavy (non-hydrogen) atoms. The summed E-state index contributed by atoms with van der Waals surface area (Å²) in [5.74, 6) is -1.21. The molecule has 1 N–H and O–H groups in total. The lowest BCUT2D eigenvalue weighted by atomic mass is 10.0. The Hall–Kier alpha value is -1.23. The zero-order chi connectivity index (χ0) is 13.6. The van der Waals surface area contributed by atoms with Crippen LogP contribution in [-0.2, 0) is 0 Å². The quantitative estimate of drug-likeness (QED) is 0.781. The summed E-state index contributed by atoms with van der Waals surface area (Å²) in [5.41, 5.74) is 0.496. The van der Waals surface area contributed by atoms with E-state index in [9.17, 15) is 13.6 Å². The Morgan fingerprint density at radius 3 is 2.53 bits per heavy atom. The number of hydrogen-bond donors (Lipinski definition) is 1. The Balaban J connectivity index is 2.29. The molecule has 1 aliphatic carbocycles. The van der Waals surface area contributed by atoms with Crippen molar-refractivity contribution in [1.29, 1.82) is 0 Å². The number of rotatable bonds is 1. The SMILES string of the molecule is O=c1cc(C2CCCC2)[nH]c2c(F)cc(F)c(Br)c12. The molecular weight excluding hydrogens is 316 g/mol. The average Bonchev–Trinajstić information content (AvgIpc) is 2.89. The summed E-state index contributed by atoms with van der Waals surface area (Å²) in [5, 5.41) is 0.0410.